The van der Waals surface area contributed by atoms with Crippen LogP contribution < -0.4 is 10.0 Å². The molecule has 1 heterocycles. The molecule has 32 heavy (non-hydrogen) atoms. The van der Waals surface area contributed by atoms with Crippen LogP contribution in [-0.2, 0) is 22.1 Å². The fraction of sp³-hybridized carbons (Fsp3) is 0.240. The molecular weight excluding hydrogens is 427 g/mol. The zero-order valence-corrected chi connectivity index (χ0v) is 19.0. The summed E-state index contributed by atoms with van der Waals surface area (Å²) in [6.45, 7) is 4.28. The van der Waals surface area contributed by atoms with Crippen LogP contribution in [0.2, 0.25) is 0 Å². The molecule has 1 aliphatic rings. The molecule has 3 aromatic rings. The molecule has 0 spiro atoms. The molecule has 2 N–H and O–H groups in total. The van der Waals surface area contributed by atoms with E-state index >= 15 is 0 Å². The van der Waals surface area contributed by atoms with Crippen LogP contribution in [0, 0.1) is 11.2 Å². The second-order valence-electron chi connectivity index (χ2n) is 8.49. The van der Waals surface area contributed by atoms with E-state index in [1.165, 1.54) is 19.2 Å². The highest BCUT2D eigenvalue weighted by Gasteiger charge is 2.37. The lowest BCUT2D eigenvalue weighted by atomic mass is 9.72. The van der Waals surface area contributed by atoms with Crippen molar-refractivity contribution in [2.45, 2.75) is 31.2 Å². The van der Waals surface area contributed by atoms with Crippen molar-refractivity contribution in [2.75, 3.05) is 17.1 Å². The van der Waals surface area contributed by atoms with Gasteiger partial charge in [-0.2, -0.15) is 0 Å². The Hall–Kier alpha value is -3.19. The fourth-order valence-electron chi connectivity index (χ4n) is 4.16. The van der Waals surface area contributed by atoms with Crippen molar-refractivity contribution in [3.63, 3.8) is 0 Å². The maximum Gasteiger partial charge on any atom is 0.337 e. The third-order valence-electron chi connectivity index (χ3n) is 5.76. The second kappa shape index (κ2) is 8.74. The van der Waals surface area contributed by atoms with Gasteiger partial charge in [-0.25, -0.2) is 13.4 Å². The molecule has 0 aromatic heterocycles. The number of hydrogen-bond acceptors (Lipinski definition) is 4. The van der Waals surface area contributed by atoms with Crippen molar-refractivity contribution in [1.82, 2.24) is 0 Å². The van der Waals surface area contributed by atoms with E-state index < -0.39 is 16.8 Å². The standard InChI is InChI=1S/C25H25FN2O3S/c1-25(2)15-17-14-16(24(29)31-3)12-13-20(17)27-23(25)18-8-4-6-10-21(18)28-32(30)22-11-7-5-9-19(22)26/h4-14,23,27-28H,15H2,1-3H3. The van der Waals surface area contributed by atoms with E-state index in [0.717, 1.165) is 23.2 Å². The molecule has 0 aliphatic carbocycles. The summed E-state index contributed by atoms with van der Waals surface area (Å²) in [5.74, 6) is -0.875. The van der Waals surface area contributed by atoms with Crippen molar-refractivity contribution >= 4 is 28.3 Å². The number of nitrogens with one attached hydrogen (secondary N) is 2. The zero-order chi connectivity index (χ0) is 22.9. The quantitative estimate of drug-likeness (QED) is 0.503. The van der Waals surface area contributed by atoms with Crippen LogP contribution in [0.25, 0.3) is 0 Å². The number of fused-ring (bicyclic) bond motifs is 1. The SMILES string of the molecule is COC(=O)c1ccc2c(c1)CC(C)(C)C(c1ccccc1NS(=O)c1ccccc1F)N2. The predicted molar refractivity (Wildman–Crippen MR) is 125 cm³/mol. The summed E-state index contributed by atoms with van der Waals surface area (Å²) in [5.41, 5.74) is 3.88. The number of para-hydroxylation sites is 1. The van der Waals surface area contributed by atoms with Crippen molar-refractivity contribution < 1.29 is 18.1 Å². The van der Waals surface area contributed by atoms with Gasteiger partial charge in [-0.3, -0.25) is 0 Å². The number of halogens is 1. The lowest BCUT2D eigenvalue weighted by molar-refractivity contribution is 0.0600. The zero-order valence-electron chi connectivity index (χ0n) is 18.1. The van der Waals surface area contributed by atoms with Crippen molar-refractivity contribution in [2.24, 2.45) is 5.41 Å². The summed E-state index contributed by atoms with van der Waals surface area (Å²) in [7, 11) is -0.374. The highest BCUT2D eigenvalue weighted by molar-refractivity contribution is 7.86. The van der Waals surface area contributed by atoms with E-state index in [2.05, 4.69) is 23.9 Å². The third-order valence-corrected chi connectivity index (χ3v) is 6.90. The van der Waals surface area contributed by atoms with Crippen LogP contribution in [0.5, 0.6) is 0 Å². The van der Waals surface area contributed by atoms with Crippen LogP contribution in [0.3, 0.4) is 0 Å². The minimum atomic E-state index is -1.74. The Morgan fingerprint density at radius 2 is 1.84 bits per heavy atom. The first-order valence-corrected chi connectivity index (χ1v) is 11.4. The lowest BCUT2D eigenvalue weighted by Crippen LogP contribution is -2.35. The Morgan fingerprint density at radius 1 is 1.12 bits per heavy atom. The predicted octanol–water partition coefficient (Wildman–Crippen LogP) is 5.48. The van der Waals surface area contributed by atoms with E-state index in [9.17, 15) is 13.4 Å². The van der Waals surface area contributed by atoms with Crippen LogP contribution in [0.4, 0.5) is 15.8 Å². The maximum absolute atomic E-state index is 14.1. The molecule has 0 fully saturated rings. The monoisotopic (exact) mass is 452 g/mol. The van der Waals surface area contributed by atoms with E-state index in [1.54, 1.807) is 18.2 Å². The van der Waals surface area contributed by atoms with Gasteiger partial charge in [-0.1, -0.05) is 44.2 Å². The van der Waals surface area contributed by atoms with Crippen molar-refractivity contribution in [3.8, 4) is 0 Å². The summed E-state index contributed by atoms with van der Waals surface area (Å²) in [4.78, 5) is 12.0. The Morgan fingerprint density at radius 3 is 2.59 bits per heavy atom. The van der Waals surface area contributed by atoms with Gasteiger partial charge < -0.3 is 14.8 Å². The molecule has 0 radical (unpaired) electrons. The van der Waals surface area contributed by atoms with Crippen molar-refractivity contribution in [1.29, 1.82) is 0 Å². The molecule has 0 saturated carbocycles. The molecule has 166 valence electrons. The fourth-order valence-corrected chi connectivity index (χ4v) is 5.10. The summed E-state index contributed by atoms with van der Waals surface area (Å²) in [6.07, 6.45) is 0.732. The van der Waals surface area contributed by atoms with Crippen LogP contribution in [-0.4, -0.2) is 17.3 Å². The molecule has 7 heteroatoms. The van der Waals surface area contributed by atoms with Crippen molar-refractivity contribution in [3.05, 3.63) is 89.2 Å². The smallest absolute Gasteiger partial charge is 0.337 e. The first-order chi connectivity index (χ1) is 15.3. The maximum atomic E-state index is 14.1. The molecule has 4 rings (SSSR count). The van der Waals surface area contributed by atoms with E-state index in [-0.39, 0.29) is 22.3 Å². The number of rotatable bonds is 5. The molecule has 0 bridgehead atoms. The second-order valence-corrected chi connectivity index (χ2v) is 9.68. The number of anilines is 2. The molecule has 0 saturated heterocycles. The Labute approximate surface area is 189 Å². The highest BCUT2D eigenvalue weighted by atomic mass is 32.2. The number of ether oxygens (including phenoxy) is 1. The molecular formula is C25H25FN2O3S. The minimum absolute atomic E-state index is 0.0969. The summed E-state index contributed by atoms with van der Waals surface area (Å²) in [6, 6.07) is 19.1. The topological polar surface area (TPSA) is 67.4 Å². The van der Waals surface area contributed by atoms with Gasteiger partial charge >= 0.3 is 5.97 Å². The number of hydrogen-bond donors (Lipinski definition) is 2. The minimum Gasteiger partial charge on any atom is -0.465 e. The third kappa shape index (κ3) is 4.25. The summed E-state index contributed by atoms with van der Waals surface area (Å²) >= 11 is 0. The number of methoxy groups -OCH3 is 1. The van der Waals surface area contributed by atoms with Gasteiger partial charge in [-0.05, 0) is 59.4 Å². The first-order valence-electron chi connectivity index (χ1n) is 10.3. The normalized spacial score (nSPS) is 17.6. The molecule has 3 aromatic carbocycles. The van der Waals surface area contributed by atoms with Gasteiger partial charge in [0.1, 0.15) is 5.82 Å². The summed E-state index contributed by atoms with van der Waals surface area (Å²) < 4.78 is 34.8. The van der Waals surface area contributed by atoms with Crippen LogP contribution >= 0.6 is 0 Å². The van der Waals surface area contributed by atoms with Crippen LogP contribution in [0.1, 0.15) is 41.4 Å². The highest BCUT2D eigenvalue weighted by Crippen LogP contribution is 2.46. The number of esters is 1. The number of carbonyl (C=O) groups excluding carboxylic acids is 1. The lowest BCUT2D eigenvalue weighted by Gasteiger charge is -2.42. The Balaban J connectivity index is 1.66. The van der Waals surface area contributed by atoms with Crippen LogP contribution in [0.15, 0.2) is 71.6 Å². The Kier molecular flexibility index (Phi) is 6.02. The van der Waals surface area contributed by atoms with Gasteiger partial charge in [-0.15, -0.1) is 0 Å². The van der Waals surface area contributed by atoms with Gasteiger partial charge in [0.25, 0.3) is 0 Å². The van der Waals surface area contributed by atoms with Gasteiger partial charge in [0, 0.05) is 5.69 Å². The van der Waals surface area contributed by atoms with E-state index in [1.807, 2.05) is 36.4 Å². The molecule has 2 unspecified atom stereocenters. The molecule has 0 amide bonds. The number of benzene rings is 3. The van der Waals surface area contributed by atoms with E-state index in [0.29, 0.717) is 11.3 Å². The summed E-state index contributed by atoms with van der Waals surface area (Å²) in [5, 5.41) is 3.59. The largest absolute Gasteiger partial charge is 0.465 e. The average Bonchev–Trinajstić information content (AvgIpc) is 2.78. The van der Waals surface area contributed by atoms with E-state index in [4.69, 9.17) is 4.74 Å². The average molecular weight is 453 g/mol. The van der Waals surface area contributed by atoms with Gasteiger partial charge in [0.2, 0.25) is 0 Å². The van der Waals surface area contributed by atoms with Gasteiger partial charge in [0.05, 0.1) is 29.3 Å². The molecule has 2 atom stereocenters. The molecule has 1 aliphatic heterocycles. The molecule has 5 nitrogen and oxygen atoms in total. The number of carbonyl (C=O) groups is 1. The first kappa shape index (κ1) is 22.0. The Bertz CT molecular complexity index is 1200. The van der Waals surface area contributed by atoms with Gasteiger partial charge in [0.15, 0.2) is 11.0 Å².